The number of ether oxygens (including phenoxy) is 1. The average molecular weight is 230 g/mol. The van der Waals surface area contributed by atoms with Gasteiger partial charge in [0, 0.05) is 19.6 Å². The summed E-state index contributed by atoms with van der Waals surface area (Å²) in [6, 6.07) is -0.0927. The van der Waals surface area contributed by atoms with Gasteiger partial charge in [-0.1, -0.05) is 0 Å². The van der Waals surface area contributed by atoms with Gasteiger partial charge in [-0.25, -0.2) is 4.79 Å². The van der Waals surface area contributed by atoms with Crippen LogP contribution >= 0.6 is 0 Å². The minimum atomic E-state index is -0.799. The van der Waals surface area contributed by atoms with Gasteiger partial charge in [-0.3, -0.25) is 4.79 Å². The number of amides is 2. The molecule has 0 aromatic rings. The van der Waals surface area contributed by atoms with Gasteiger partial charge in [-0.05, 0) is 19.3 Å². The molecule has 1 fully saturated rings. The van der Waals surface area contributed by atoms with Gasteiger partial charge in [0.15, 0.2) is 0 Å². The van der Waals surface area contributed by atoms with E-state index in [-0.39, 0.29) is 18.5 Å². The van der Waals surface area contributed by atoms with E-state index in [1.807, 2.05) is 0 Å². The number of hydrogen-bond acceptors (Lipinski definition) is 3. The lowest BCUT2D eigenvalue weighted by Crippen LogP contribution is -2.42. The molecule has 1 aliphatic heterocycles. The van der Waals surface area contributed by atoms with E-state index in [0.29, 0.717) is 32.6 Å². The highest BCUT2D eigenvalue weighted by Gasteiger charge is 2.16. The van der Waals surface area contributed by atoms with Crippen LogP contribution in [0.5, 0.6) is 0 Å². The van der Waals surface area contributed by atoms with Crippen LogP contribution in [-0.4, -0.2) is 42.9 Å². The second-order valence-corrected chi connectivity index (χ2v) is 3.81. The highest BCUT2D eigenvalue weighted by Crippen LogP contribution is 2.02. The first-order valence-electron chi connectivity index (χ1n) is 5.52. The normalized spacial score (nSPS) is 19.4. The third-order valence-corrected chi connectivity index (χ3v) is 2.37. The first-order chi connectivity index (χ1) is 7.68. The molecule has 2 amide bonds. The summed E-state index contributed by atoms with van der Waals surface area (Å²) in [5.74, 6) is -0.799. The van der Waals surface area contributed by atoms with Gasteiger partial charge < -0.3 is 20.5 Å². The number of carboxylic acids is 1. The second kappa shape index (κ2) is 7.05. The zero-order valence-electron chi connectivity index (χ0n) is 9.20. The molecular weight excluding hydrogens is 212 g/mol. The van der Waals surface area contributed by atoms with Crippen molar-refractivity contribution in [3.63, 3.8) is 0 Å². The van der Waals surface area contributed by atoms with E-state index < -0.39 is 5.97 Å². The lowest BCUT2D eigenvalue weighted by molar-refractivity contribution is -0.137. The Morgan fingerprint density at radius 2 is 2.19 bits per heavy atom. The Hall–Kier alpha value is -1.30. The van der Waals surface area contributed by atoms with Gasteiger partial charge in [-0.15, -0.1) is 0 Å². The van der Waals surface area contributed by atoms with Crippen molar-refractivity contribution < 1.29 is 19.4 Å². The van der Waals surface area contributed by atoms with Crippen LogP contribution in [0.15, 0.2) is 0 Å². The quantitative estimate of drug-likeness (QED) is 0.574. The Morgan fingerprint density at radius 1 is 1.38 bits per heavy atom. The summed E-state index contributed by atoms with van der Waals surface area (Å²) >= 11 is 0. The molecule has 0 bridgehead atoms. The zero-order chi connectivity index (χ0) is 11.8. The summed E-state index contributed by atoms with van der Waals surface area (Å²) in [5.41, 5.74) is 0. The Labute approximate surface area is 94.3 Å². The van der Waals surface area contributed by atoms with Crippen LogP contribution < -0.4 is 10.6 Å². The summed E-state index contributed by atoms with van der Waals surface area (Å²) in [6.07, 6.45) is 2.27. The van der Waals surface area contributed by atoms with Crippen molar-refractivity contribution in [2.45, 2.75) is 31.7 Å². The molecule has 1 saturated heterocycles. The van der Waals surface area contributed by atoms with Crippen molar-refractivity contribution in [3.8, 4) is 0 Å². The maximum absolute atomic E-state index is 11.3. The summed E-state index contributed by atoms with van der Waals surface area (Å²) in [4.78, 5) is 21.5. The van der Waals surface area contributed by atoms with Crippen LogP contribution in [0.4, 0.5) is 4.79 Å². The smallest absolute Gasteiger partial charge is 0.315 e. The van der Waals surface area contributed by atoms with Crippen LogP contribution in [0, 0.1) is 0 Å². The molecule has 1 rings (SSSR count). The molecule has 1 heterocycles. The SMILES string of the molecule is O=C(O)CCCCNC(=O)NC1CCOC1. The fourth-order valence-corrected chi connectivity index (χ4v) is 1.49. The van der Waals surface area contributed by atoms with Crippen molar-refractivity contribution in [3.05, 3.63) is 0 Å². The van der Waals surface area contributed by atoms with Crippen molar-refractivity contribution >= 4 is 12.0 Å². The molecule has 0 saturated carbocycles. The van der Waals surface area contributed by atoms with E-state index in [2.05, 4.69) is 10.6 Å². The predicted molar refractivity (Wildman–Crippen MR) is 57.2 cm³/mol. The molecule has 92 valence electrons. The molecule has 1 atom stereocenters. The number of unbranched alkanes of at least 4 members (excludes halogenated alkanes) is 1. The Balaban J connectivity index is 1.95. The summed E-state index contributed by atoms with van der Waals surface area (Å²) in [5, 5.41) is 13.9. The standard InChI is InChI=1S/C10H18N2O4/c13-9(14)3-1-2-5-11-10(15)12-8-4-6-16-7-8/h8H,1-7H2,(H,13,14)(H2,11,12,15). The van der Waals surface area contributed by atoms with E-state index in [4.69, 9.17) is 9.84 Å². The summed E-state index contributed by atoms with van der Waals surface area (Å²) < 4.78 is 5.12. The number of rotatable bonds is 6. The van der Waals surface area contributed by atoms with Gasteiger partial charge in [0.1, 0.15) is 0 Å². The second-order valence-electron chi connectivity index (χ2n) is 3.81. The highest BCUT2D eigenvalue weighted by molar-refractivity contribution is 5.74. The van der Waals surface area contributed by atoms with Crippen LogP contribution in [0.25, 0.3) is 0 Å². The van der Waals surface area contributed by atoms with E-state index >= 15 is 0 Å². The Morgan fingerprint density at radius 3 is 2.81 bits per heavy atom. The molecule has 6 heteroatoms. The monoisotopic (exact) mass is 230 g/mol. The summed E-state index contributed by atoms with van der Waals surface area (Å²) in [6.45, 7) is 1.78. The molecule has 0 spiro atoms. The van der Waals surface area contributed by atoms with Gasteiger partial charge in [-0.2, -0.15) is 0 Å². The third kappa shape index (κ3) is 5.55. The van der Waals surface area contributed by atoms with Crippen LogP contribution in [0.2, 0.25) is 0 Å². The Bertz CT molecular complexity index is 239. The predicted octanol–water partition coefficient (Wildman–Crippen LogP) is 0.329. The van der Waals surface area contributed by atoms with Crippen molar-refractivity contribution in [2.75, 3.05) is 19.8 Å². The number of aliphatic carboxylic acids is 1. The first kappa shape index (κ1) is 12.8. The first-order valence-corrected chi connectivity index (χ1v) is 5.52. The van der Waals surface area contributed by atoms with Crippen LogP contribution in [0.3, 0.4) is 0 Å². The van der Waals surface area contributed by atoms with Gasteiger partial charge in [0.25, 0.3) is 0 Å². The van der Waals surface area contributed by atoms with Crippen molar-refractivity contribution in [2.24, 2.45) is 0 Å². The van der Waals surface area contributed by atoms with Crippen LogP contribution in [0.1, 0.15) is 25.7 Å². The average Bonchev–Trinajstić information content (AvgIpc) is 2.69. The third-order valence-electron chi connectivity index (χ3n) is 2.37. The highest BCUT2D eigenvalue weighted by atomic mass is 16.5. The van der Waals surface area contributed by atoms with Crippen molar-refractivity contribution in [1.82, 2.24) is 10.6 Å². The largest absolute Gasteiger partial charge is 0.481 e. The number of carboxylic acid groups (broad SMARTS) is 1. The van der Waals surface area contributed by atoms with E-state index in [0.717, 1.165) is 6.42 Å². The molecule has 6 nitrogen and oxygen atoms in total. The molecule has 0 aromatic carbocycles. The molecule has 0 radical (unpaired) electrons. The lowest BCUT2D eigenvalue weighted by Gasteiger charge is -2.11. The van der Waals surface area contributed by atoms with E-state index in [1.54, 1.807) is 0 Å². The summed E-state index contributed by atoms with van der Waals surface area (Å²) in [7, 11) is 0. The zero-order valence-corrected chi connectivity index (χ0v) is 9.20. The van der Waals surface area contributed by atoms with E-state index in [9.17, 15) is 9.59 Å². The number of nitrogens with one attached hydrogen (secondary N) is 2. The molecule has 16 heavy (non-hydrogen) atoms. The Kier molecular flexibility index (Phi) is 5.63. The van der Waals surface area contributed by atoms with Crippen molar-refractivity contribution in [1.29, 1.82) is 0 Å². The molecule has 1 aliphatic rings. The molecule has 0 aromatic heterocycles. The molecule has 0 aliphatic carbocycles. The number of hydrogen-bond donors (Lipinski definition) is 3. The maximum Gasteiger partial charge on any atom is 0.315 e. The lowest BCUT2D eigenvalue weighted by atomic mass is 10.2. The van der Waals surface area contributed by atoms with Crippen LogP contribution in [-0.2, 0) is 9.53 Å². The fourth-order valence-electron chi connectivity index (χ4n) is 1.49. The molecular formula is C10H18N2O4. The fraction of sp³-hybridized carbons (Fsp3) is 0.800. The van der Waals surface area contributed by atoms with Gasteiger partial charge in [0.2, 0.25) is 0 Å². The molecule has 1 unspecified atom stereocenters. The van der Waals surface area contributed by atoms with Gasteiger partial charge in [0.05, 0.1) is 12.6 Å². The topological polar surface area (TPSA) is 87.7 Å². The van der Waals surface area contributed by atoms with E-state index in [1.165, 1.54) is 0 Å². The minimum absolute atomic E-state index is 0.110. The number of carbonyl (C=O) groups is 2. The number of urea groups is 1. The molecule has 3 N–H and O–H groups in total. The van der Waals surface area contributed by atoms with Gasteiger partial charge >= 0.3 is 12.0 Å². The maximum atomic E-state index is 11.3. The minimum Gasteiger partial charge on any atom is -0.481 e. The number of carbonyl (C=O) groups excluding carboxylic acids is 1.